The number of nitrogens with two attached hydrogens (primary N) is 2. The Morgan fingerprint density at radius 2 is 1.73 bits per heavy atom. The maximum Gasteiger partial charge on any atom is 0.325 e. The molecule has 8 N–H and O–H groups in total. The maximum absolute atomic E-state index is 15.7. The average Bonchev–Trinajstić information content (AvgIpc) is 3.73. The van der Waals surface area contributed by atoms with Crippen LogP contribution in [0.25, 0.3) is 22.3 Å². The van der Waals surface area contributed by atoms with Gasteiger partial charge in [-0.15, -0.1) is 0 Å². The van der Waals surface area contributed by atoms with Crippen LogP contribution in [0, 0.1) is 0 Å². The van der Waals surface area contributed by atoms with Crippen molar-refractivity contribution in [2.75, 3.05) is 24.7 Å². The second kappa shape index (κ2) is 12.5. The lowest BCUT2D eigenvalue weighted by molar-refractivity contribution is -0.0537. The first kappa shape index (κ1) is 32.3. The summed E-state index contributed by atoms with van der Waals surface area (Å²) in [5.74, 6) is -0.216. The van der Waals surface area contributed by atoms with E-state index in [0.717, 1.165) is 17.2 Å². The first-order valence-electron chi connectivity index (χ1n) is 12.8. The van der Waals surface area contributed by atoms with Crippen molar-refractivity contribution in [1.29, 1.82) is 0 Å². The second-order valence-corrected chi connectivity index (χ2v) is 14.4. The first-order chi connectivity index (χ1) is 21.3. The van der Waals surface area contributed by atoms with Gasteiger partial charge in [-0.1, -0.05) is 0 Å². The topological polar surface area (TPSA) is 266 Å². The summed E-state index contributed by atoms with van der Waals surface area (Å²) in [7, 11) is -2.65. The third kappa shape index (κ3) is 6.23. The van der Waals surface area contributed by atoms with Gasteiger partial charge in [-0.05, 0) is 23.6 Å². The molecule has 0 spiro atoms. The minimum Gasteiger partial charge on any atom is -0.387 e. The molecular formula is C20H24F2N10O9P2S2. The van der Waals surface area contributed by atoms with Gasteiger partial charge in [-0.2, -0.15) is 4.98 Å². The van der Waals surface area contributed by atoms with Crippen LogP contribution in [0.15, 0.2) is 23.8 Å². The zero-order valence-electron chi connectivity index (χ0n) is 22.4. The average molecular weight is 713 g/mol. The van der Waals surface area contributed by atoms with Gasteiger partial charge in [0.15, 0.2) is 54.6 Å². The molecule has 0 saturated carbocycles. The van der Waals surface area contributed by atoms with Crippen molar-refractivity contribution in [1.82, 2.24) is 39.0 Å². The van der Waals surface area contributed by atoms with Gasteiger partial charge in [-0.25, -0.2) is 28.7 Å². The van der Waals surface area contributed by atoms with E-state index in [0.29, 0.717) is 0 Å². The molecule has 25 heteroatoms. The highest BCUT2D eigenvalue weighted by molar-refractivity contribution is 8.07. The number of fused-ring (bicyclic) bond motifs is 2. The van der Waals surface area contributed by atoms with E-state index in [4.69, 9.17) is 46.3 Å². The number of hydrogen-bond donors (Lipinski definition) is 6. The number of aromatic nitrogens is 8. The minimum atomic E-state index is -4.39. The molecule has 19 nitrogen and oxygen atoms in total. The Labute approximate surface area is 260 Å². The van der Waals surface area contributed by atoms with Crippen molar-refractivity contribution in [3.8, 4) is 0 Å². The van der Waals surface area contributed by atoms with Gasteiger partial charge in [0.1, 0.15) is 36.3 Å². The molecule has 4 aromatic rings. The summed E-state index contributed by atoms with van der Waals surface area (Å²) >= 11 is 9.75. The van der Waals surface area contributed by atoms with Crippen LogP contribution in [-0.2, 0) is 46.7 Å². The van der Waals surface area contributed by atoms with E-state index in [1.165, 1.54) is 10.9 Å². The SMILES string of the molecule is Nc1nc2c(ncn2[C@@H]2O[C@H](CO[PH](O)=S)[C@@H](F)[C@H]2OP(O)(=S)OC[C@H]2O[C@@H](n3cnc4c(N)ncnc43)[C@H](F)[C@@H]2O)c(=O)[nH]1. The van der Waals surface area contributed by atoms with Crippen LogP contribution in [0.1, 0.15) is 12.5 Å². The molecule has 2 fully saturated rings. The number of aromatic amines is 1. The van der Waals surface area contributed by atoms with E-state index in [2.05, 4.69) is 41.7 Å². The Balaban J connectivity index is 1.20. The van der Waals surface area contributed by atoms with E-state index < -0.39 is 81.9 Å². The molecular weight excluding hydrogens is 688 g/mol. The Morgan fingerprint density at radius 1 is 1.04 bits per heavy atom. The number of ether oxygens (including phenoxy) is 2. The van der Waals surface area contributed by atoms with Crippen LogP contribution in [-0.4, -0.2) is 104 Å². The Morgan fingerprint density at radius 3 is 2.47 bits per heavy atom. The first-order valence-corrected chi connectivity index (χ1v) is 17.9. The number of aliphatic hydroxyl groups is 1. The third-order valence-corrected chi connectivity index (χ3v) is 9.30. The number of nitrogens with zero attached hydrogens (tertiary/aromatic N) is 7. The normalized spacial score (nSPS) is 30.7. The Bertz CT molecular complexity index is 1870. The van der Waals surface area contributed by atoms with E-state index >= 15 is 8.78 Å². The highest BCUT2D eigenvalue weighted by Gasteiger charge is 2.51. The number of imidazole rings is 2. The molecule has 0 aromatic carbocycles. The van der Waals surface area contributed by atoms with E-state index in [9.17, 15) is 19.7 Å². The van der Waals surface area contributed by atoms with Crippen molar-refractivity contribution in [2.24, 2.45) is 0 Å². The number of aliphatic hydroxyl groups excluding tert-OH is 1. The van der Waals surface area contributed by atoms with Crippen LogP contribution < -0.4 is 17.0 Å². The standard InChI is InChI=1S/C20H24F2N10O9P2S2/c21-8-6(1-37-42(35)44)39-19(32-5-28-11-16(32)29-20(24)30-17(11)34)13(8)41-43(36,45)38-2-7-12(33)9(22)18(40-7)31-4-27-10-14(23)25-3-26-15(10)31/h3-9,12-13,18-19,33,42H,1-2H2,(H,35,44)(H,36,45)(H2,23,25,26)(H3,24,29,30,34)/t6-,7-,8-,9-,12-,13-,18-,19-,43?/m1/s1. The monoisotopic (exact) mass is 712 g/mol. The number of nitrogens with one attached hydrogen (secondary N) is 1. The summed E-state index contributed by atoms with van der Waals surface area (Å²) in [5.41, 5.74) is 10.8. The van der Waals surface area contributed by atoms with Crippen molar-refractivity contribution >= 4 is 71.6 Å². The van der Waals surface area contributed by atoms with Crippen molar-refractivity contribution in [3.05, 3.63) is 29.3 Å². The van der Waals surface area contributed by atoms with Crippen LogP contribution in [0.4, 0.5) is 20.5 Å². The van der Waals surface area contributed by atoms with E-state index in [1.807, 2.05) is 0 Å². The van der Waals surface area contributed by atoms with Crippen LogP contribution in [0.2, 0.25) is 0 Å². The summed E-state index contributed by atoms with van der Waals surface area (Å²) in [5, 5.41) is 10.5. The lowest BCUT2D eigenvalue weighted by Crippen LogP contribution is -2.33. The summed E-state index contributed by atoms with van der Waals surface area (Å²) in [4.78, 5) is 54.8. The Kier molecular flexibility index (Phi) is 8.97. The number of hydrogen-bond acceptors (Lipinski definition) is 16. The lowest BCUT2D eigenvalue weighted by Gasteiger charge is -2.26. The third-order valence-electron chi connectivity index (χ3n) is 6.97. The molecule has 0 bridgehead atoms. The minimum absolute atomic E-state index is 0.0523. The highest BCUT2D eigenvalue weighted by Crippen LogP contribution is 2.51. The van der Waals surface area contributed by atoms with Crippen molar-refractivity contribution in [3.63, 3.8) is 0 Å². The lowest BCUT2D eigenvalue weighted by atomic mass is 10.1. The summed E-state index contributed by atoms with van der Waals surface area (Å²) in [6.45, 7) is -5.56. The fourth-order valence-corrected chi connectivity index (χ4v) is 6.84. The fourth-order valence-electron chi connectivity index (χ4n) is 4.92. The molecule has 6 heterocycles. The second-order valence-electron chi connectivity index (χ2n) is 9.78. The molecule has 2 aliphatic rings. The highest BCUT2D eigenvalue weighted by atomic mass is 32.5. The molecule has 10 atom stereocenters. The van der Waals surface area contributed by atoms with Gasteiger partial charge >= 0.3 is 6.72 Å². The van der Waals surface area contributed by atoms with Gasteiger partial charge in [0.25, 0.3) is 5.56 Å². The molecule has 2 saturated heterocycles. The fraction of sp³-hybridized carbons (Fsp3) is 0.500. The molecule has 2 aliphatic heterocycles. The van der Waals surface area contributed by atoms with Gasteiger partial charge in [-0.3, -0.25) is 23.4 Å². The molecule has 45 heavy (non-hydrogen) atoms. The van der Waals surface area contributed by atoms with Crippen LogP contribution in [0.5, 0.6) is 0 Å². The molecule has 6 rings (SSSR count). The smallest absolute Gasteiger partial charge is 0.325 e. The molecule has 4 aromatic heterocycles. The molecule has 2 unspecified atom stereocenters. The van der Waals surface area contributed by atoms with Gasteiger partial charge in [0.2, 0.25) is 5.95 Å². The van der Waals surface area contributed by atoms with Gasteiger partial charge in [0, 0.05) is 0 Å². The van der Waals surface area contributed by atoms with E-state index in [1.54, 1.807) is 0 Å². The molecule has 0 radical (unpaired) electrons. The van der Waals surface area contributed by atoms with Crippen molar-refractivity contribution in [2.45, 2.75) is 49.2 Å². The summed E-state index contributed by atoms with van der Waals surface area (Å²) in [6, 6.07) is 0. The van der Waals surface area contributed by atoms with Gasteiger partial charge < -0.3 is 44.9 Å². The van der Waals surface area contributed by atoms with E-state index in [-0.39, 0.29) is 34.1 Å². The largest absolute Gasteiger partial charge is 0.387 e. The number of anilines is 2. The molecule has 0 aliphatic carbocycles. The predicted molar refractivity (Wildman–Crippen MR) is 157 cm³/mol. The number of rotatable bonds is 10. The quantitative estimate of drug-likeness (QED) is 0.109. The zero-order valence-corrected chi connectivity index (χ0v) is 25.9. The number of nitrogen functional groups attached to an aromatic ring is 2. The van der Waals surface area contributed by atoms with Gasteiger partial charge in [0.05, 0.1) is 25.9 Å². The predicted octanol–water partition coefficient (Wildman–Crippen LogP) is -0.911. The number of alkyl halides is 2. The summed E-state index contributed by atoms with van der Waals surface area (Å²) in [6.07, 6.45) is -9.66. The zero-order chi connectivity index (χ0) is 32.2. The number of H-pyrrole nitrogens is 1. The molecule has 244 valence electrons. The van der Waals surface area contributed by atoms with Crippen LogP contribution in [0.3, 0.4) is 0 Å². The number of halogens is 2. The molecule has 0 amide bonds. The van der Waals surface area contributed by atoms with Crippen LogP contribution >= 0.6 is 13.9 Å². The Hall–Kier alpha value is -2.66. The summed E-state index contributed by atoms with van der Waals surface area (Å²) < 4.78 is 60.6. The maximum atomic E-state index is 15.7. The van der Waals surface area contributed by atoms with Crippen molar-refractivity contribution < 1.29 is 46.7 Å².